The Morgan fingerprint density at radius 2 is 1.92 bits per heavy atom. The van der Waals surface area contributed by atoms with Gasteiger partial charge in [-0.25, -0.2) is 12.8 Å². The number of hydrogen-bond acceptors (Lipinski definition) is 3. The third kappa shape index (κ3) is 2.47. The largest absolute Gasteiger partial charge is 0.307 e. The number of fused-ring (bicyclic) bond motifs is 2. The number of hydrogen-bond donors (Lipinski definition) is 0. The second-order valence-electron chi connectivity index (χ2n) is 7.41. The summed E-state index contributed by atoms with van der Waals surface area (Å²) in [6, 6.07) is 9.42. The van der Waals surface area contributed by atoms with Crippen LogP contribution in [-0.2, 0) is 15.3 Å². The summed E-state index contributed by atoms with van der Waals surface area (Å²) in [6.45, 7) is 2.23. The molecule has 0 bridgehead atoms. The van der Waals surface area contributed by atoms with Crippen LogP contribution in [0.15, 0.2) is 41.3 Å². The summed E-state index contributed by atoms with van der Waals surface area (Å²) in [4.78, 5) is 15.0. The highest BCUT2D eigenvalue weighted by Crippen LogP contribution is 2.53. The second kappa shape index (κ2) is 5.64. The number of carbonyl (C=O) groups excluding carboxylic acids is 1. The monoisotopic (exact) mass is 373 g/mol. The molecule has 2 aromatic carbocycles. The lowest BCUT2D eigenvalue weighted by Crippen LogP contribution is -2.41. The van der Waals surface area contributed by atoms with Crippen molar-refractivity contribution in [2.45, 2.75) is 36.5 Å². The standard InChI is InChI=1S/C20H20FNO3S/c1-13-7-8-14(26(2,24)25)11-15(13)19(23)22-12-20(9-4-10-20)18-16(21)5-3-6-17(18)22/h3,5-8,11H,4,9-10,12H2,1-2H3. The van der Waals surface area contributed by atoms with Crippen LogP contribution in [0, 0.1) is 12.7 Å². The molecule has 0 radical (unpaired) electrons. The molecule has 1 spiro atoms. The lowest BCUT2D eigenvalue weighted by molar-refractivity contribution is 0.0978. The van der Waals surface area contributed by atoms with Crippen molar-refractivity contribution >= 4 is 21.4 Å². The number of benzene rings is 2. The van der Waals surface area contributed by atoms with Crippen LogP contribution in [0.2, 0.25) is 0 Å². The van der Waals surface area contributed by atoms with Crippen LogP contribution in [0.5, 0.6) is 0 Å². The van der Waals surface area contributed by atoms with E-state index < -0.39 is 9.84 Å². The highest BCUT2D eigenvalue weighted by atomic mass is 32.2. The Morgan fingerprint density at radius 1 is 1.19 bits per heavy atom. The summed E-state index contributed by atoms with van der Waals surface area (Å²) in [5.74, 6) is -0.539. The fraction of sp³-hybridized carbons (Fsp3) is 0.350. The predicted molar refractivity (Wildman–Crippen MR) is 97.9 cm³/mol. The minimum Gasteiger partial charge on any atom is -0.307 e. The number of sulfone groups is 1. The van der Waals surface area contributed by atoms with Crippen LogP contribution in [0.1, 0.15) is 40.7 Å². The van der Waals surface area contributed by atoms with Gasteiger partial charge in [0.2, 0.25) is 0 Å². The van der Waals surface area contributed by atoms with Gasteiger partial charge in [-0.05, 0) is 49.6 Å². The van der Waals surface area contributed by atoms with Gasteiger partial charge in [-0.15, -0.1) is 0 Å². The van der Waals surface area contributed by atoms with Crippen LogP contribution in [-0.4, -0.2) is 27.1 Å². The van der Waals surface area contributed by atoms with Crippen LogP contribution < -0.4 is 4.90 Å². The lowest BCUT2D eigenvalue weighted by Gasteiger charge is -2.39. The highest BCUT2D eigenvalue weighted by Gasteiger charge is 2.50. The van der Waals surface area contributed by atoms with Gasteiger partial charge in [-0.2, -0.15) is 0 Å². The molecule has 0 N–H and O–H groups in total. The summed E-state index contributed by atoms with van der Waals surface area (Å²) in [7, 11) is -3.41. The molecule has 1 fully saturated rings. The number of aryl methyl sites for hydroxylation is 1. The Balaban J connectivity index is 1.81. The van der Waals surface area contributed by atoms with Crippen LogP contribution in [0.25, 0.3) is 0 Å². The van der Waals surface area contributed by atoms with Gasteiger partial charge in [-0.1, -0.05) is 18.6 Å². The molecule has 6 heteroatoms. The molecule has 2 aromatic rings. The Bertz CT molecular complexity index is 1030. The molecule has 1 amide bonds. The fourth-order valence-electron chi connectivity index (χ4n) is 4.13. The Hall–Kier alpha value is -2.21. The van der Waals surface area contributed by atoms with Gasteiger partial charge in [0.15, 0.2) is 9.84 Å². The maximum Gasteiger partial charge on any atom is 0.258 e. The van der Waals surface area contributed by atoms with Crippen molar-refractivity contribution < 1.29 is 17.6 Å². The minimum atomic E-state index is -3.41. The molecule has 0 saturated heterocycles. The average molecular weight is 373 g/mol. The lowest BCUT2D eigenvalue weighted by atomic mass is 9.65. The van der Waals surface area contributed by atoms with Gasteiger partial charge in [-0.3, -0.25) is 4.79 Å². The normalized spacial score (nSPS) is 17.9. The van der Waals surface area contributed by atoms with Gasteiger partial charge in [0.1, 0.15) is 5.82 Å². The summed E-state index contributed by atoms with van der Waals surface area (Å²) in [5.41, 5.74) is 2.00. The van der Waals surface area contributed by atoms with E-state index in [0.29, 0.717) is 28.9 Å². The van der Waals surface area contributed by atoms with Gasteiger partial charge >= 0.3 is 0 Å². The van der Waals surface area contributed by atoms with E-state index in [1.165, 1.54) is 18.2 Å². The smallest absolute Gasteiger partial charge is 0.258 e. The average Bonchev–Trinajstić information content (AvgIpc) is 2.91. The number of amides is 1. The van der Waals surface area contributed by atoms with Crippen molar-refractivity contribution in [2.75, 3.05) is 17.7 Å². The zero-order valence-corrected chi connectivity index (χ0v) is 15.6. The molecule has 0 aromatic heterocycles. The van der Waals surface area contributed by atoms with E-state index >= 15 is 0 Å². The zero-order chi connectivity index (χ0) is 18.7. The number of rotatable bonds is 2. The number of anilines is 1. The summed E-state index contributed by atoms with van der Waals surface area (Å²) in [6.07, 6.45) is 3.88. The van der Waals surface area contributed by atoms with Crippen molar-refractivity contribution in [3.05, 3.63) is 58.9 Å². The summed E-state index contributed by atoms with van der Waals surface area (Å²) >= 11 is 0. The molecule has 1 saturated carbocycles. The summed E-state index contributed by atoms with van der Waals surface area (Å²) < 4.78 is 38.3. The van der Waals surface area contributed by atoms with Crippen LogP contribution in [0.3, 0.4) is 0 Å². The van der Waals surface area contributed by atoms with Gasteiger partial charge in [0.25, 0.3) is 5.91 Å². The van der Waals surface area contributed by atoms with Crippen LogP contribution in [0.4, 0.5) is 10.1 Å². The molecule has 2 aliphatic rings. The molecule has 4 nitrogen and oxygen atoms in total. The zero-order valence-electron chi connectivity index (χ0n) is 14.8. The summed E-state index contributed by atoms with van der Waals surface area (Å²) in [5, 5.41) is 0. The maximum absolute atomic E-state index is 14.5. The fourth-order valence-corrected chi connectivity index (χ4v) is 4.78. The first-order valence-corrected chi connectivity index (χ1v) is 10.5. The molecule has 0 unspecified atom stereocenters. The minimum absolute atomic E-state index is 0.114. The van der Waals surface area contributed by atoms with E-state index in [9.17, 15) is 17.6 Å². The molecule has 1 aliphatic carbocycles. The first kappa shape index (κ1) is 17.2. The van der Waals surface area contributed by atoms with Gasteiger partial charge in [0.05, 0.1) is 10.6 Å². The third-order valence-corrected chi connectivity index (χ3v) is 6.81. The molecule has 26 heavy (non-hydrogen) atoms. The SMILES string of the molecule is Cc1ccc(S(C)(=O)=O)cc1C(=O)N1CC2(CCC2)c2c(F)cccc21. The molecule has 1 heterocycles. The van der Waals surface area contributed by atoms with Gasteiger partial charge < -0.3 is 4.90 Å². The maximum atomic E-state index is 14.5. The molecule has 0 atom stereocenters. The van der Waals surface area contributed by atoms with Crippen molar-refractivity contribution in [1.29, 1.82) is 0 Å². The Morgan fingerprint density at radius 3 is 2.54 bits per heavy atom. The Labute approximate surface area is 152 Å². The second-order valence-corrected chi connectivity index (χ2v) is 9.42. The van der Waals surface area contributed by atoms with E-state index in [-0.39, 0.29) is 22.0 Å². The number of carbonyl (C=O) groups is 1. The van der Waals surface area contributed by atoms with Crippen molar-refractivity contribution in [1.82, 2.24) is 0 Å². The first-order valence-electron chi connectivity index (χ1n) is 8.64. The first-order chi connectivity index (χ1) is 12.2. The third-order valence-electron chi connectivity index (χ3n) is 5.70. The molecular weight excluding hydrogens is 353 g/mol. The molecule has 136 valence electrons. The molecule has 4 rings (SSSR count). The van der Waals surface area contributed by atoms with E-state index in [1.54, 1.807) is 30.0 Å². The number of nitrogens with zero attached hydrogens (tertiary/aromatic N) is 1. The quantitative estimate of drug-likeness (QED) is 0.808. The molecule has 1 aliphatic heterocycles. The van der Waals surface area contributed by atoms with Crippen LogP contribution >= 0.6 is 0 Å². The predicted octanol–water partition coefficient (Wildman–Crippen LogP) is 3.62. The van der Waals surface area contributed by atoms with Crippen molar-refractivity contribution in [2.24, 2.45) is 0 Å². The van der Waals surface area contributed by atoms with E-state index in [1.807, 2.05) is 0 Å². The topological polar surface area (TPSA) is 54.5 Å². The van der Waals surface area contributed by atoms with Crippen molar-refractivity contribution in [3.8, 4) is 0 Å². The van der Waals surface area contributed by atoms with Gasteiger partial charge in [0, 0.05) is 29.3 Å². The number of halogens is 1. The van der Waals surface area contributed by atoms with E-state index in [2.05, 4.69) is 0 Å². The van der Waals surface area contributed by atoms with Crippen molar-refractivity contribution in [3.63, 3.8) is 0 Å². The Kier molecular flexibility index (Phi) is 3.74. The molecular formula is C20H20FNO3S. The van der Waals surface area contributed by atoms with E-state index in [0.717, 1.165) is 25.5 Å². The van der Waals surface area contributed by atoms with E-state index in [4.69, 9.17) is 0 Å². The highest BCUT2D eigenvalue weighted by molar-refractivity contribution is 7.90.